The van der Waals surface area contributed by atoms with Crippen LogP contribution in [0, 0.1) is 24.3 Å². The van der Waals surface area contributed by atoms with Crippen molar-refractivity contribution >= 4 is 34.0 Å². The first-order chi connectivity index (χ1) is 8.47. The minimum atomic E-state index is 0.308. The largest absolute Gasteiger partial charge is 0.507 e. The fraction of sp³-hybridized carbons (Fsp3) is 0.200. The molecule has 0 aliphatic heterocycles. The molecular weight excluding hydrogens is 337 g/mol. The Morgan fingerprint density at radius 2 is 1.61 bits per heavy atom. The summed E-state index contributed by atoms with van der Waals surface area (Å²) in [6, 6.07) is 9.93. The first kappa shape index (κ1) is 13.2. The number of halogens is 1. The van der Waals surface area contributed by atoms with Gasteiger partial charge in [-0.25, -0.2) is 0 Å². The molecule has 0 amide bonds. The average Bonchev–Trinajstić information content (AvgIpc) is 2.28. The van der Waals surface area contributed by atoms with Crippen LogP contribution in [-0.2, 0) is 0 Å². The maximum Gasteiger partial charge on any atom is 0.130 e. The number of aromatic hydroxyl groups is 1. The molecular formula is C15H16INO. The van der Waals surface area contributed by atoms with E-state index in [0.717, 1.165) is 14.9 Å². The summed E-state index contributed by atoms with van der Waals surface area (Å²) in [5, 5.41) is 13.1. The molecule has 18 heavy (non-hydrogen) atoms. The molecule has 0 bridgehead atoms. The smallest absolute Gasteiger partial charge is 0.130 e. The van der Waals surface area contributed by atoms with E-state index >= 15 is 0 Å². The second-order valence-electron chi connectivity index (χ2n) is 4.56. The number of rotatable bonds is 2. The topological polar surface area (TPSA) is 32.3 Å². The Morgan fingerprint density at radius 3 is 2.17 bits per heavy atom. The number of phenols is 1. The van der Waals surface area contributed by atoms with Gasteiger partial charge in [-0.15, -0.1) is 0 Å². The highest BCUT2D eigenvalue weighted by molar-refractivity contribution is 14.1. The number of aryl methyl sites for hydroxylation is 3. The number of hydrogen-bond donors (Lipinski definition) is 2. The molecule has 2 aromatic carbocycles. The molecule has 94 valence electrons. The van der Waals surface area contributed by atoms with Crippen LogP contribution in [0.25, 0.3) is 0 Å². The third-order valence-electron chi connectivity index (χ3n) is 2.89. The maximum atomic E-state index is 9.71. The molecule has 2 N–H and O–H groups in total. The summed E-state index contributed by atoms with van der Waals surface area (Å²) in [7, 11) is 0. The fourth-order valence-corrected chi connectivity index (χ4v) is 2.45. The Balaban J connectivity index is 2.37. The van der Waals surface area contributed by atoms with Gasteiger partial charge in [-0.2, -0.15) is 0 Å². The summed E-state index contributed by atoms with van der Waals surface area (Å²) >= 11 is 2.11. The zero-order valence-corrected chi connectivity index (χ0v) is 12.9. The first-order valence-electron chi connectivity index (χ1n) is 5.81. The predicted octanol–water partition coefficient (Wildman–Crippen LogP) is 4.67. The molecule has 0 aliphatic rings. The van der Waals surface area contributed by atoms with E-state index in [9.17, 15) is 5.11 Å². The highest BCUT2D eigenvalue weighted by atomic mass is 127. The molecule has 0 spiro atoms. The Labute approximate surface area is 121 Å². The van der Waals surface area contributed by atoms with Gasteiger partial charge in [0, 0.05) is 17.4 Å². The molecule has 2 nitrogen and oxygen atoms in total. The van der Waals surface area contributed by atoms with Gasteiger partial charge in [0.25, 0.3) is 0 Å². The van der Waals surface area contributed by atoms with Gasteiger partial charge in [0.05, 0.1) is 3.57 Å². The van der Waals surface area contributed by atoms with E-state index in [1.807, 2.05) is 12.1 Å². The Hall–Kier alpha value is -1.23. The van der Waals surface area contributed by atoms with Crippen LogP contribution in [-0.4, -0.2) is 5.11 Å². The van der Waals surface area contributed by atoms with Gasteiger partial charge in [-0.1, -0.05) is 17.7 Å². The van der Waals surface area contributed by atoms with Crippen molar-refractivity contribution in [1.82, 2.24) is 0 Å². The summed E-state index contributed by atoms with van der Waals surface area (Å²) in [4.78, 5) is 0. The van der Waals surface area contributed by atoms with Crippen molar-refractivity contribution in [2.45, 2.75) is 20.8 Å². The minimum Gasteiger partial charge on any atom is -0.507 e. The Morgan fingerprint density at radius 1 is 1.00 bits per heavy atom. The molecule has 0 saturated carbocycles. The summed E-state index contributed by atoms with van der Waals surface area (Å²) in [5.74, 6) is 0.308. The van der Waals surface area contributed by atoms with E-state index in [-0.39, 0.29) is 0 Å². The van der Waals surface area contributed by atoms with Crippen LogP contribution in [0.5, 0.6) is 5.75 Å². The van der Waals surface area contributed by atoms with Crippen molar-refractivity contribution in [2.24, 2.45) is 0 Å². The molecule has 2 rings (SSSR count). The van der Waals surface area contributed by atoms with E-state index < -0.39 is 0 Å². The van der Waals surface area contributed by atoms with Crippen molar-refractivity contribution in [3.8, 4) is 5.75 Å². The van der Waals surface area contributed by atoms with Gasteiger partial charge in [0.2, 0.25) is 0 Å². The summed E-state index contributed by atoms with van der Waals surface area (Å²) < 4.78 is 0.857. The van der Waals surface area contributed by atoms with Crippen LogP contribution in [0.15, 0.2) is 30.3 Å². The third kappa shape index (κ3) is 2.77. The lowest BCUT2D eigenvalue weighted by atomic mass is 10.0. The van der Waals surface area contributed by atoms with Crippen molar-refractivity contribution in [2.75, 3.05) is 5.32 Å². The number of anilines is 2. The van der Waals surface area contributed by atoms with E-state index in [1.165, 1.54) is 16.7 Å². The lowest BCUT2D eigenvalue weighted by Crippen LogP contribution is -1.97. The third-order valence-corrected chi connectivity index (χ3v) is 3.80. The zero-order valence-electron chi connectivity index (χ0n) is 10.7. The molecule has 2 aromatic rings. The maximum absolute atomic E-state index is 9.71. The van der Waals surface area contributed by atoms with E-state index in [1.54, 1.807) is 6.07 Å². The second-order valence-corrected chi connectivity index (χ2v) is 5.73. The number of hydrogen-bond acceptors (Lipinski definition) is 2. The average molecular weight is 353 g/mol. The summed E-state index contributed by atoms with van der Waals surface area (Å²) in [6.07, 6.45) is 0. The van der Waals surface area contributed by atoms with Gasteiger partial charge in [-0.05, 0) is 66.6 Å². The second kappa shape index (κ2) is 5.18. The first-order valence-corrected chi connectivity index (χ1v) is 6.88. The van der Waals surface area contributed by atoms with E-state index in [4.69, 9.17) is 0 Å². The molecule has 0 atom stereocenters. The normalized spacial score (nSPS) is 10.4. The van der Waals surface area contributed by atoms with Crippen LogP contribution in [0.1, 0.15) is 16.7 Å². The molecule has 0 aromatic heterocycles. The van der Waals surface area contributed by atoms with Crippen LogP contribution in [0.4, 0.5) is 11.4 Å². The van der Waals surface area contributed by atoms with Crippen molar-refractivity contribution in [3.63, 3.8) is 0 Å². The van der Waals surface area contributed by atoms with Gasteiger partial charge in [-0.3, -0.25) is 0 Å². The van der Waals surface area contributed by atoms with Crippen molar-refractivity contribution in [3.05, 3.63) is 50.6 Å². The van der Waals surface area contributed by atoms with Gasteiger partial charge in [0.15, 0.2) is 0 Å². The molecule has 0 saturated heterocycles. The minimum absolute atomic E-state index is 0.308. The molecule has 0 fully saturated rings. The Kier molecular flexibility index (Phi) is 3.80. The number of phenolic OH excluding ortho intramolecular Hbond substituents is 1. The van der Waals surface area contributed by atoms with E-state index in [2.05, 4.69) is 60.8 Å². The van der Waals surface area contributed by atoms with Gasteiger partial charge < -0.3 is 10.4 Å². The summed E-state index contributed by atoms with van der Waals surface area (Å²) in [6.45, 7) is 6.28. The number of benzene rings is 2. The molecule has 0 aliphatic carbocycles. The van der Waals surface area contributed by atoms with Crippen LogP contribution < -0.4 is 5.32 Å². The molecule has 0 radical (unpaired) electrons. The monoisotopic (exact) mass is 353 g/mol. The lowest BCUT2D eigenvalue weighted by Gasteiger charge is -2.14. The van der Waals surface area contributed by atoms with Crippen LogP contribution in [0.2, 0.25) is 0 Å². The SMILES string of the molecule is Cc1cc(C)c(Nc2ccc(I)c(O)c2)c(C)c1. The molecule has 0 heterocycles. The highest BCUT2D eigenvalue weighted by Crippen LogP contribution is 2.29. The quantitative estimate of drug-likeness (QED) is 0.770. The van der Waals surface area contributed by atoms with Gasteiger partial charge in [0.1, 0.15) is 5.75 Å². The van der Waals surface area contributed by atoms with Crippen LogP contribution >= 0.6 is 22.6 Å². The Bertz CT molecular complexity index is 570. The molecule has 3 heteroatoms. The van der Waals surface area contributed by atoms with E-state index in [0.29, 0.717) is 5.75 Å². The summed E-state index contributed by atoms with van der Waals surface area (Å²) in [5.41, 5.74) is 5.71. The number of nitrogens with one attached hydrogen (secondary N) is 1. The predicted molar refractivity (Wildman–Crippen MR) is 84.8 cm³/mol. The van der Waals surface area contributed by atoms with Crippen molar-refractivity contribution in [1.29, 1.82) is 0 Å². The fourth-order valence-electron chi connectivity index (χ4n) is 2.11. The standard InChI is InChI=1S/C15H16INO/c1-9-6-10(2)15(11(3)7-9)17-12-4-5-13(16)14(18)8-12/h4-8,17-18H,1-3H3. The zero-order chi connectivity index (χ0) is 13.3. The highest BCUT2D eigenvalue weighted by Gasteiger charge is 2.05. The van der Waals surface area contributed by atoms with Gasteiger partial charge >= 0.3 is 0 Å². The van der Waals surface area contributed by atoms with Crippen LogP contribution in [0.3, 0.4) is 0 Å². The molecule has 0 unspecified atom stereocenters. The lowest BCUT2D eigenvalue weighted by molar-refractivity contribution is 0.472. The van der Waals surface area contributed by atoms with Crippen molar-refractivity contribution < 1.29 is 5.11 Å².